The van der Waals surface area contributed by atoms with Gasteiger partial charge in [0.15, 0.2) is 0 Å². The number of nitrogens with zero attached hydrogens (tertiary/aromatic N) is 3. The SMILES string of the molecule is CC(C(=O)N[C@H]1c2ccccc2C[C@H]1O)n1cncn1. The van der Waals surface area contributed by atoms with Crippen molar-refractivity contribution in [2.45, 2.75) is 31.5 Å². The fourth-order valence-electron chi connectivity index (χ4n) is 2.56. The van der Waals surface area contributed by atoms with Crippen molar-refractivity contribution in [1.29, 1.82) is 0 Å². The number of nitrogens with one attached hydrogen (secondary N) is 1. The maximum absolute atomic E-state index is 12.2. The molecule has 1 amide bonds. The molecule has 6 heteroatoms. The van der Waals surface area contributed by atoms with Crippen LogP contribution < -0.4 is 5.32 Å². The number of fused-ring (bicyclic) bond motifs is 1. The van der Waals surface area contributed by atoms with Gasteiger partial charge in [0.25, 0.3) is 0 Å². The maximum atomic E-state index is 12.2. The Kier molecular flexibility index (Phi) is 3.23. The molecule has 0 radical (unpaired) electrons. The second kappa shape index (κ2) is 5.05. The van der Waals surface area contributed by atoms with E-state index in [1.165, 1.54) is 17.3 Å². The number of aromatic nitrogens is 3. The molecular weight excluding hydrogens is 256 g/mol. The smallest absolute Gasteiger partial charge is 0.245 e. The van der Waals surface area contributed by atoms with Gasteiger partial charge in [0.05, 0.1) is 12.1 Å². The third-order valence-corrected chi connectivity index (χ3v) is 3.71. The van der Waals surface area contributed by atoms with Gasteiger partial charge in [-0.3, -0.25) is 4.79 Å². The summed E-state index contributed by atoms with van der Waals surface area (Å²) < 4.78 is 1.49. The molecule has 1 aliphatic rings. The van der Waals surface area contributed by atoms with E-state index < -0.39 is 12.1 Å². The Bertz CT molecular complexity index is 611. The highest BCUT2D eigenvalue weighted by Gasteiger charge is 2.33. The predicted molar refractivity (Wildman–Crippen MR) is 71.8 cm³/mol. The molecule has 0 saturated heterocycles. The minimum absolute atomic E-state index is 0.184. The second-order valence-corrected chi connectivity index (χ2v) is 5.01. The van der Waals surface area contributed by atoms with Crippen LogP contribution in [0.15, 0.2) is 36.9 Å². The molecule has 6 nitrogen and oxygen atoms in total. The normalized spacial score (nSPS) is 22.3. The van der Waals surface area contributed by atoms with Gasteiger partial charge in [-0.05, 0) is 18.1 Å². The van der Waals surface area contributed by atoms with Gasteiger partial charge < -0.3 is 10.4 Å². The molecule has 104 valence electrons. The fraction of sp³-hybridized carbons (Fsp3) is 0.357. The van der Waals surface area contributed by atoms with Gasteiger partial charge in [-0.25, -0.2) is 9.67 Å². The Morgan fingerprint density at radius 3 is 3.05 bits per heavy atom. The van der Waals surface area contributed by atoms with Crippen molar-refractivity contribution in [3.05, 3.63) is 48.0 Å². The van der Waals surface area contributed by atoms with Crippen molar-refractivity contribution in [2.24, 2.45) is 0 Å². The number of hydrogen-bond donors (Lipinski definition) is 2. The zero-order valence-electron chi connectivity index (χ0n) is 11.1. The maximum Gasteiger partial charge on any atom is 0.245 e. The second-order valence-electron chi connectivity index (χ2n) is 5.01. The zero-order valence-corrected chi connectivity index (χ0v) is 11.1. The van der Waals surface area contributed by atoms with Crippen LogP contribution in [0, 0.1) is 0 Å². The van der Waals surface area contributed by atoms with E-state index >= 15 is 0 Å². The lowest BCUT2D eigenvalue weighted by Crippen LogP contribution is -2.38. The number of aliphatic hydroxyl groups excluding tert-OH is 1. The van der Waals surface area contributed by atoms with E-state index in [9.17, 15) is 9.90 Å². The average Bonchev–Trinajstić information content (AvgIpc) is 3.07. The summed E-state index contributed by atoms with van der Waals surface area (Å²) >= 11 is 0. The summed E-state index contributed by atoms with van der Waals surface area (Å²) in [7, 11) is 0. The number of carbonyl (C=O) groups excluding carboxylic acids is 1. The summed E-state index contributed by atoms with van der Waals surface area (Å²) in [6.07, 6.45) is 2.88. The van der Waals surface area contributed by atoms with Crippen molar-refractivity contribution < 1.29 is 9.90 Å². The van der Waals surface area contributed by atoms with E-state index in [0.29, 0.717) is 6.42 Å². The lowest BCUT2D eigenvalue weighted by atomic mass is 10.1. The Labute approximate surface area is 116 Å². The van der Waals surface area contributed by atoms with Crippen LogP contribution in [0.25, 0.3) is 0 Å². The minimum atomic E-state index is -0.584. The molecule has 1 aromatic heterocycles. The molecule has 2 N–H and O–H groups in total. The molecule has 1 heterocycles. The quantitative estimate of drug-likeness (QED) is 0.858. The Hall–Kier alpha value is -2.21. The first-order valence-corrected chi connectivity index (χ1v) is 6.57. The molecule has 2 aromatic rings. The van der Waals surface area contributed by atoms with E-state index in [4.69, 9.17) is 0 Å². The van der Waals surface area contributed by atoms with E-state index in [-0.39, 0.29) is 11.9 Å². The van der Waals surface area contributed by atoms with Crippen molar-refractivity contribution in [3.63, 3.8) is 0 Å². The van der Waals surface area contributed by atoms with Crippen LogP contribution in [0.4, 0.5) is 0 Å². The van der Waals surface area contributed by atoms with Crippen LogP contribution in [0.1, 0.15) is 30.1 Å². The molecule has 1 aromatic carbocycles. The monoisotopic (exact) mass is 272 g/mol. The van der Waals surface area contributed by atoms with Gasteiger partial charge in [-0.15, -0.1) is 0 Å². The summed E-state index contributed by atoms with van der Waals surface area (Å²) in [4.78, 5) is 16.1. The van der Waals surface area contributed by atoms with E-state index in [1.54, 1.807) is 6.92 Å². The molecule has 0 bridgehead atoms. The first-order chi connectivity index (χ1) is 9.66. The minimum Gasteiger partial charge on any atom is -0.390 e. The van der Waals surface area contributed by atoms with Gasteiger partial charge in [0.1, 0.15) is 18.7 Å². The molecular formula is C14H16N4O2. The third-order valence-electron chi connectivity index (χ3n) is 3.71. The van der Waals surface area contributed by atoms with E-state index in [2.05, 4.69) is 15.4 Å². The van der Waals surface area contributed by atoms with Crippen molar-refractivity contribution in [2.75, 3.05) is 0 Å². The number of rotatable bonds is 3. The predicted octanol–water partition coefficient (Wildman–Crippen LogP) is 0.614. The van der Waals surface area contributed by atoms with Crippen LogP contribution in [0.3, 0.4) is 0 Å². The van der Waals surface area contributed by atoms with Gasteiger partial charge in [-0.2, -0.15) is 5.10 Å². The number of benzene rings is 1. The highest BCUT2D eigenvalue weighted by molar-refractivity contribution is 5.80. The van der Waals surface area contributed by atoms with E-state index in [1.807, 2.05) is 24.3 Å². The highest BCUT2D eigenvalue weighted by Crippen LogP contribution is 2.31. The first kappa shape index (κ1) is 12.8. The summed E-state index contributed by atoms with van der Waals surface area (Å²) in [5.41, 5.74) is 2.07. The number of hydrogen-bond acceptors (Lipinski definition) is 4. The molecule has 0 fully saturated rings. The van der Waals surface area contributed by atoms with Gasteiger partial charge in [0.2, 0.25) is 5.91 Å². The molecule has 20 heavy (non-hydrogen) atoms. The van der Waals surface area contributed by atoms with Gasteiger partial charge in [-0.1, -0.05) is 24.3 Å². The highest BCUT2D eigenvalue weighted by atomic mass is 16.3. The van der Waals surface area contributed by atoms with Crippen molar-refractivity contribution >= 4 is 5.91 Å². The van der Waals surface area contributed by atoms with Crippen LogP contribution in [0.2, 0.25) is 0 Å². The van der Waals surface area contributed by atoms with Crippen LogP contribution in [0.5, 0.6) is 0 Å². The largest absolute Gasteiger partial charge is 0.390 e. The molecule has 1 unspecified atom stereocenters. The molecule has 0 spiro atoms. The topological polar surface area (TPSA) is 80.0 Å². The van der Waals surface area contributed by atoms with E-state index in [0.717, 1.165) is 11.1 Å². The molecule has 0 saturated carbocycles. The number of amides is 1. The summed E-state index contributed by atoms with van der Waals surface area (Å²) in [6, 6.07) is 6.95. The number of carbonyl (C=O) groups is 1. The van der Waals surface area contributed by atoms with Crippen LogP contribution >= 0.6 is 0 Å². The average molecular weight is 272 g/mol. The lowest BCUT2D eigenvalue weighted by Gasteiger charge is -2.20. The standard InChI is InChI=1S/C14H16N4O2/c1-9(18-8-15-7-16-18)14(20)17-13-11-5-3-2-4-10(11)6-12(13)19/h2-5,7-9,12-13,19H,6H2,1H3,(H,17,20)/t9?,12-,13+/m1/s1. The van der Waals surface area contributed by atoms with Crippen LogP contribution in [-0.4, -0.2) is 31.9 Å². The molecule has 0 aliphatic heterocycles. The van der Waals surface area contributed by atoms with Gasteiger partial charge >= 0.3 is 0 Å². The molecule has 3 atom stereocenters. The Morgan fingerprint density at radius 2 is 2.30 bits per heavy atom. The van der Waals surface area contributed by atoms with Crippen LogP contribution in [-0.2, 0) is 11.2 Å². The molecule has 1 aliphatic carbocycles. The fourth-order valence-corrected chi connectivity index (χ4v) is 2.56. The van der Waals surface area contributed by atoms with Gasteiger partial charge in [0, 0.05) is 6.42 Å². The molecule has 3 rings (SSSR count). The Balaban J connectivity index is 1.76. The van der Waals surface area contributed by atoms with Crippen molar-refractivity contribution in [3.8, 4) is 0 Å². The third kappa shape index (κ3) is 2.18. The lowest BCUT2D eigenvalue weighted by molar-refractivity contribution is -0.125. The Morgan fingerprint density at radius 1 is 1.50 bits per heavy atom. The number of aliphatic hydroxyl groups is 1. The van der Waals surface area contributed by atoms with Crippen molar-refractivity contribution in [1.82, 2.24) is 20.1 Å². The summed E-state index contributed by atoms with van der Waals surface area (Å²) in [5, 5.41) is 17.0. The zero-order chi connectivity index (χ0) is 14.1. The summed E-state index contributed by atoms with van der Waals surface area (Å²) in [5.74, 6) is -0.184. The summed E-state index contributed by atoms with van der Waals surface area (Å²) in [6.45, 7) is 1.75. The first-order valence-electron chi connectivity index (χ1n) is 6.57.